The van der Waals surface area contributed by atoms with E-state index in [4.69, 9.17) is 0 Å². The molecule has 0 bridgehead atoms. The first kappa shape index (κ1) is 15.1. The van der Waals surface area contributed by atoms with Crippen molar-refractivity contribution < 1.29 is 8.78 Å². The lowest BCUT2D eigenvalue weighted by molar-refractivity contribution is 0.558. The summed E-state index contributed by atoms with van der Waals surface area (Å²) in [5.41, 5.74) is 2.35. The number of aryl methyl sites for hydroxylation is 1. The van der Waals surface area contributed by atoms with Crippen LogP contribution >= 0.6 is 15.9 Å². The Kier molecular flexibility index (Phi) is 4.89. The predicted octanol–water partition coefficient (Wildman–Crippen LogP) is 4.89. The summed E-state index contributed by atoms with van der Waals surface area (Å²) in [7, 11) is 0. The smallest absolute Gasteiger partial charge is 0.126 e. The minimum Gasteiger partial charge on any atom is -0.306 e. The van der Waals surface area contributed by atoms with Crippen molar-refractivity contribution in [3.8, 4) is 0 Å². The monoisotopic (exact) mass is 339 g/mol. The molecule has 2 aromatic carbocycles. The Labute approximate surface area is 126 Å². The zero-order valence-electron chi connectivity index (χ0n) is 11.4. The van der Waals surface area contributed by atoms with E-state index in [1.165, 1.54) is 18.2 Å². The van der Waals surface area contributed by atoms with Crippen LogP contribution in [0.5, 0.6) is 0 Å². The zero-order chi connectivity index (χ0) is 14.7. The Morgan fingerprint density at radius 1 is 1.15 bits per heavy atom. The molecule has 0 fully saturated rings. The minimum absolute atomic E-state index is 0.0136. The first-order valence-electron chi connectivity index (χ1n) is 6.40. The second-order valence-corrected chi connectivity index (χ2v) is 5.70. The lowest BCUT2D eigenvalue weighted by Crippen LogP contribution is -2.18. The molecule has 0 amide bonds. The van der Waals surface area contributed by atoms with Crippen molar-refractivity contribution in [3.63, 3.8) is 0 Å². The number of hydrogen-bond acceptors (Lipinski definition) is 1. The molecule has 20 heavy (non-hydrogen) atoms. The maximum Gasteiger partial charge on any atom is 0.126 e. The summed E-state index contributed by atoms with van der Waals surface area (Å²) < 4.78 is 27.6. The second-order valence-electron chi connectivity index (χ2n) is 4.85. The van der Waals surface area contributed by atoms with Gasteiger partial charge in [-0.1, -0.05) is 28.1 Å². The molecule has 0 aromatic heterocycles. The van der Waals surface area contributed by atoms with E-state index in [1.807, 2.05) is 13.0 Å². The SMILES string of the molecule is Cc1ccc(C(C)NCc2cc(F)ccc2Br)cc1F. The van der Waals surface area contributed by atoms with Crippen LogP contribution in [0.2, 0.25) is 0 Å². The lowest BCUT2D eigenvalue weighted by Gasteiger charge is -2.15. The lowest BCUT2D eigenvalue weighted by atomic mass is 10.1. The van der Waals surface area contributed by atoms with Crippen LogP contribution in [0.4, 0.5) is 8.78 Å². The van der Waals surface area contributed by atoms with E-state index >= 15 is 0 Å². The normalized spacial score (nSPS) is 12.4. The van der Waals surface area contributed by atoms with Crippen molar-refractivity contribution in [1.29, 1.82) is 0 Å². The first-order chi connectivity index (χ1) is 9.47. The molecule has 0 saturated carbocycles. The number of rotatable bonds is 4. The van der Waals surface area contributed by atoms with Gasteiger partial charge in [0.1, 0.15) is 11.6 Å². The van der Waals surface area contributed by atoms with Gasteiger partial charge in [0.2, 0.25) is 0 Å². The van der Waals surface area contributed by atoms with E-state index in [9.17, 15) is 8.78 Å². The van der Waals surface area contributed by atoms with Crippen LogP contribution < -0.4 is 5.32 Å². The Morgan fingerprint density at radius 2 is 1.90 bits per heavy atom. The molecule has 2 aromatic rings. The van der Waals surface area contributed by atoms with E-state index in [0.29, 0.717) is 12.1 Å². The molecule has 2 rings (SSSR count). The fourth-order valence-corrected chi connectivity index (χ4v) is 2.32. The quantitative estimate of drug-likeness (QED) is 0.836. The average molecular weight is 340 g/mol. The van der Waals surface area contributed by atoms with Crippen molar-refractivity contribution >= 4 is 15.9 Å². The molecule has 1 N–H and O–H groups in total. The zero-order valence-corrected chi connectivity index (χ0v) is 13.0. The molecule has 0 aliphatic heterocycles. The van der Waals surface area contributed by atoms with Crippen LogP contribution in [0.1, 0.15) is 29.7 Å². The van der Waals surface area contributed by atoms with Gasteiger partial charge in [-0.25, -0.2) is 8.78 Å². The highest BCUT2D eigenvalue weighted by Gasteiger charge is 2.09. The Hall–Kier alpha value is -1.26. The fourth-order valence-electron chi connectivity index (χ4n) is 1.94. The van der Waals surface area contributed by atoms with Gasteiger partial charge in [-0.3, -0.25) is 0 Å². The van der Waals surface area contributed by atoms with Crippen LogP contribution in [0, 0.1) is 18.6 Å². The molecule has 4 heteroatoms. The van der Waals surface area contributed by atoms with Crippen molar-refractivity contribution in [2.24, 2.45) is 0 Å². The van der Waals surface area contributed by atoms with Gasteiger partial charge < -0.3 is 5.32 Å². The largest absolute Gasteiger partial charge is 0.306 e. The molecule has 0 spiro atoms. The van der Waals surface area contributed by atoms with Crippen LogP contribution in [0.15, 0.2) is 40.9 Å². The molecule has 0 heterocycles. The minimum atomic E-state index is -0.265. The third-order valence-corrected chi connectivity index (χ3v) is 4.08. The highest BCUT2D eigenvalue weighted by atomic mass is 79.9. The Morgan fingerprint density at radius 3 is 2.60 bits per heavy atom. The van der Waals surface area contributed by atoms with Crippen LogP contribution in [0.3, 0.4) is 0 Å². The van der Waals surface area contributed by atoms with Crippen molar-refractivity contribution in [3.05, 3.63) is 69.2 Å². The van der Waals surface area contributed by atoms with Crippen molar-refractivity contribution in [1.82, 2.24) is 5.32 Å². The van der Waals surface area contributed by atoms with Crippen LogP contribution in [-0.4, -0.2) is 0 Å². The molecule has 106 valence electrons. The molecule has 1 nitrogen and oxygen atoms in total. The molecule has 0 saturated heterocycles. The van der Waals surface area contributed by atoms with E-state index in [-0.39, 0.29) is 17.7 Å². The molecule has 0 radical (unpaired) electrons. The number of benzene rings is 2. The average Bonchev–Trinajstić information content (AvgIpc) is 2.42. The molecule has 1 atom stereocenters. The molecular weight excluding hydrogens is 324 g/mol. The summed E-state index contributed by atoms with van der Waals surface area (Å²) in [4.78, 5) is 0. The second kappa shape index (κ2) is 6.46. The molecule has 1 unspecified atom stereocenters. The third-order valence-electron chi connectivity index (χ3n) is 3.30. The van der Waals surface area contributed by atoms with Gasteiger partial charge in [0.25, 0.3) is 0 Å². The van der Waals surface area contributed by atoms with E-state index in [0.717, 1.165) is 15.6 Å². The van der Waals surface area contributed by atoms with Crippen LogP contribution in [-0.2, 0) is 6.54 Å². The highest BCUT2D eigenvalue weighted by molar-refractivity contribution is 9.10. The van der Waals surface area contributed by atoms with Crippen LogP contribution in [0.25, 0.3) is 0 Å². The molecular formula is C16H16BrF2N. The van der Waals surface area contributed by atoms with Gasteiger partial charge in [0.05, 0.1) is 0 Å². The van der Waals surface area contributed by atoms with E-state index in [2.05, 4.69) is 21.2 Å². The summed E-state index contributed by atoms with van der Waals surface area (Å²) in [6.45, 7) is 4.20. The fraction of sp³-hybridized carbons (Fsp3) is 0.250. The maximum atomic E-state index is 13.5. The number of hydrogen-bond donors (Lipinski definition) is 1. The Balaban J connectivity index is 2.06. The topological polar surface area (TPSA) is 12.0 Å². The summed E-state index contributed by atoms with van der Waals surface area (Å²) in [6, 6.07) is 9.76. The third kappa shape index (κ3) is 3.64. The summed E-state index contributed by atoms with van der Waals surface area (Å²) in [6.07, 6.45) is 0. The van der Waals surface area contributed by atoms with E-state index in [1.54, 1.807) is 19.1 Å². The van der Waals surface area contributed by atoms with Gasteiger partial charge in [0, 0.05) is 17.1 Å². The van der Waals surface area contributed by atoms with Gasteiger partial charge in [-0.05, 0) is 54.8 Å². The summed E-state index contributed by atoms with van der Waals surface area (Å²) in [5.74, 6) is -0.470. The maximum absolute atomic E-state index is 13.5. The predicted molar refractivity (Wildman–Crippen MR) is 80.5 cm³/mol. The molecule has 0 aliphatic carbocycles. The number of nitrogens with one attached hydrogen (secondary N) is 1. The van der Waals surface area contributed by atoms with Gasteiger partial charge in [-0.15, -0.1) is 0 Å². The highest BCUT2D eigenvalue weighted by Crippen LogP contribution is 2.20. The summed E-state index contributed by atoms with van der Waals surface area (Å²) >= 11 is 3.39. The van der Waals surface area contributed by atoms with Gasteiger partial charge >= 0.3 is 0 Å². The van der Waals surface area contributed by atoms with Crippen molar-refractivity contribution in [2.45, 2.75) is 26.4 Å². The Bertz CT molecular complexity index is 613. The number of halogens is 3. The van der Waals surface area contributed by atoms with E-state index < -0.39 is 0 Å². The standard InChI is InChI=1S/C16H16BrF2N/c1-10-3-4-12(8-16(10)19)11(2)20-9-13-7-14(18)5-6-15(13)17/h3-8,11,20H,9H2,1-2H3. The molecule has 0 aliphatic rings. The van der Waals surface area contributed by atoms with Gasteiger partial charge in [-0.2, -0.15) is 0 Å². The summed E-state index contributed by atoms with van der Waals surface area (Å²) in [5, 5.41) is 3.27. The van der Waals surface area contributed by atoms with Gasteiger partial charge in [0.15, 0.2) is 0 Å². The first-order valence-corrected chi connectivity index (χ1v) is 7.20. The van der Waals surface area contributed by atoms with Crippen molar-refractivity contribution in [2.75, 3.05) is 0 Å².